The van der Waals surface area contributed by atoms with Gasteiger partial charge in [0.15, 0.2) is 5.96 Å². The Balaban J connectivity index is 0.00000300. The zero-order chi connectivity index (χ0) is 19.4. The largest absolute Gasteiger partial charge is 0.469 e. The lowest BCUT2D eigenvalue weighted by Crippen LogP contribution is -2.47. The highest BCUT2D eigenvalue weighted by atomic mass is 127. The molecule has 1 saturated heterocycles. The summed E-state index contributed by atoms with van der Waals surface area (Å²) < 4.78 is 16.5. The zero-order valence-electron chi connectivity index (χ0n) is 17.0. The third kappa shape index (κ3) is 8.65. The van der Waals surface area contributed by atoms with Crippen LogP contribution in [0.4, 0.5) is 0 Å². The number of aliphatic imine (C=N–C) groups is 1. The van der Waals surface area contributed by atoms with Crippen LogP contribution in [0, 0.1) is 0 Å². The topological polar surface area (TPSA) is 59.2 Å². The third-order valence-corrected chi connectivity index (χ3v) is 5.65. The molecule has 0 bridgehead atoms. The average Bonchev–Trinajstić information content (AvgIpc) is 3.43. The van der Waals surface area contributed by atoms with Crippen molar-refractivity contribution in [2.45, 2.75) is 38.3 Å². The SMILES string of the molecule is COCCCOC1CCN(C(=NCc2cccs2)NCCc2ccco2)CC1.I. The van der Waals surface area contributed by atoms with Crippen LogP contribution in [0.3, 0.4) is 0 Å². The van der Waals surface area contributed by atoms with Crippen LogP contribution in [-0.2, 0) is 22.4 Å². The van der Waals surface area contributed by atoms with Crippen molar-refractivity contribution in [2.24, 2.45) is 4.99 Å². The van der Waals surface area contributed by atoms with Crippen molar-refractivity contribution in [3.8, 4) is 0 Å². The van der Waals surface area contributed by atoms with E-state index < -0.39 is 0 Å². The fraction of sp³-hybridized carbons (Fsp3) is 0.571. The van der Waals surface area contributed by atoms with Crippen LogP contribution in [0.5, 0.6) is 0 Å². The second-order valence-electron chi connectivity index (χ2n) is 6.88. The molecule has 29 heavy (non-hydrogen) atoms. The van der Waals surface area contributed by atoms with E-state index in [2.05, 4.69) is 27.7 Å². The molecule has 0 unspecified atom stereocenters. The van der Waals surface area contributed by atoms with Crippen LogP contribution in [0.15, 0.2) is 45.3 Å². The van der Waals surface area contributed by atoms with E-state index in [1.165, 1.54) is 4.88 Å². The van der Waals surface area contributed by atoms with Crippen molar-refractivity contribution < 1.29 is 13.9 Å². The summed E-state index contributed by atoms with van der Waals surface area (Å²) in [7, 11) is 1.73. The minimum atomic E-state index is 0. The van der Waals surface area contributed by atoms with Gasteiger partial charge in [0.05, 0.1) is 18.9 Å². The van der Waals surface area contributed by atoms with Crippen molar-refractivity contribution in [2.75, 3.05) is 40.0 Å². The lowest BCUT2D eigenvalue weighted by Gasteiger charge is -2.34. The summed E-state index contributed by atoms with van der Waals surface area (Å²) in [5.74, 6) is 1.98. The molecule has 162 valence electrons. The van der Waals surface area contributed by atoms with Gasteiger partial charge in [-0.3, -0.25) is 0 Å². The number of nitrogens with one attached hydrogen (secondary N) is 1. The molecule has 0 atom stereocenters. The van der Waals surface area contributed by atoms with Crippen molar-refractivity contribution >= 4 is 41.3 Å². The second-order valence-corrected chi connectivity index (χ2v) is 7.91. The van der Waals surface area contributed by atoms with Gasteiger partial charge in [-0.2, -0.15) is 0 Å². The molecule has 1 aliphatic rings. The molecule has 0 aromatic carbocycles. The van der Waals surface area contributed by atoms with E-state index in [-0.39, 0.29) is 24.0 Å². The highest BCUT2D eigenvalue weighted by Gasteiger charge is 2.22. The van der Waals surface area contributed by atoms with Gasteiger partial charge in [0.1, 0.15) is 5.76 Å². The molecule has 0 amide bonds. The van der Waals surface area contributed by atoms with E-state index >= 15 is 0 Å². The number of methoxy groups -OCH3 is 1. The number of ether oxygens (including phenoxy) is 2. The summed E-state index contributed by atoms with van der Waals surface area (Å²) in [5, 5.41) is 5.63. The molecular weight excluding hydrogens is 501 g/mol. The number of likely N-dealkylation sites (tertiary alicyclic amines) is 1. The fourth-order valence-electron chi connectivity index (χ4n) is 3.26. The highest BCUT2D eigenvalue weighted by Crippen LogP contribution is 2.15. The number of piperidine rings is 1. The van der Waals surface area contributed by atoms with Gasteiger partial charge in [-0.1, -0.05) is 6.07 Å². The monoisotopic (exact) mass is 533 g/mol. The average molecular weight is 533 g/mol. The van der Waals surface area contributed by atoms with Crippen molar-refractivity contribution in [1.29, 1.82) is 0 Å². The number of thiophene rings is 1. The van der Waals surface area contributed by atoms with E-state index in [1.54, 1.807) is 24.7 Å². The molecule has 1 aliphatic heterocycles. The maximum absolute atomic E-state index is 5.98. The van der Waals surface area contributed by atoms with E-state index in [4.69, 9.17) is 18.9 Å². The molecule has 3 rings (SSSR count). The number of nitrogens with zero attached hydrogens (tertiary/aromatic N) is 2. The number of rotatable bonds is 10. The Morgan fingerprint density at radius 2 is 2.14 bits per heavy atom. The number of guanidine groups is 1. The molecule has 2 aromatic heterocycles. The van der Waals surface area contributed by atoms with Crippen LogP contribution < -0.4 is 5.32 Å². The van der Waals surface area contributed by atoms with Crippen LogP contribution in [0.2, 0.25) is 0 Å². The van der Waals surface area contributed by atoms with Gasteiger partial charge in [0.25, 0.3) is 0 Å². The predicted octanol–water partition coefficient (Wildman–Crippen LogP) is 4.16. The first-order valence-electron chi connectivity index (χ1n) is 10.0. The Labute approximate surface area is 194 Å². The summed E-state index contributed by atoms with van der Waals surface area (Å²) in [6.07, 6.45) is 5.94. The molecule has 6 nitrogen and oxygen atoms in total. The van der Waals surface area contributed by atoms with E-state index in [0.29, 0.717) is 12.6 Å². The molecule has 0 saturated carbocycles. The quantitative estimate of drug-likeness (QED) is 0.215. The third-order valence-electron chi connectivity index (χ3n) is 4.79. The molecule has 1 fully saturated rings. The molecule has 0 spiro atoms. The second kappa shape index (κ2) is 14.0. The summed E-state index contributed by atoms with van der Waals surface area (Å²) in [6, 6.07) is 8.15. The molecule has 3 heterocycles. The molecule has 1 N–H and O–H groups in total. The van der Waals surface area contributed by atoms with E-state index in [9.17, 15) is 0 Å². The summed E-state index contributed by atoms with van der Waals surface area (Å²) in [5.41, 5.74) is 0. The van der Waals surface area contributed by atoms with Gasteiger partial charge in [0.2, 0.25) is 0 Å². The minimum absolute atomic E-state index is 0. The predicted molar refractivity (Wildman–Crippen MR) is 128 cm³/mol. The first kappa shape index (κ1) is 24.2. The van der Waals surface area contributed by atoms with Crippen LogP contribution in [-0.4, -0.2) is 56.9 Å². The number of halogens is 1. The first-order chi connectivity index (χ1) is 13.8. The van der Waals surface area contributed by atoms with E-state index in [0.717, 1.165) is 70.3 Å². The molecule has 0 radical (unpaired) electrons. The maximum Gasteiger partial charge on any atom is 0.194 e. The van der Waals surface area contributed by atoms with Gasteiger partial charge in [-0.05, 0) is 42.8 Å². The lowest BCUT2D eigenvalue weighted by molar-refractivity contribution is 0.00989. The van der Waals surface area contributed by atoms with Gasteiger partial charge < -0.3 is 24.1 Å². The first-order valence-corrected chi connectivity index (χ1v) is 10.9. The number of furan rings is 1. The Morgan fingerprint density at radius 3 is 2.83 bits per heavy atom. The molecule has 0 aliphatic carbocycles. The van der Waals surface area contributed by atoms with Gasteiger partial charge >= 0.3 is 0 Å². The van der Waals surface area contributed by atoms with Crippen molar-refractivity contribution in [3.63, 3.8) is 0 Å². The summed E-state index contributed by atoms with van der Waals surface area (Å²) in [4.78, 5) is 8.51. The Morgan fingerprint density at radius 1 is 1.28 bits per heavy atom. The number of hydrogen-bond donors (Lipinski definition) is 1. The smallest absolute Gasteiger partial charge is 0.194 e. The highest BCUT2D eigenvalue weighted by molar-refractivity contribution is 14.0. The van der Waals surface area contributed by atoms with Crippen LogP contribution >= 0.6 is 35.3 Å². The summed E-state index contributed by atoms with van der Waals surface area (Å²) in [6.45, 7) is 4.99. The molecular formula is C21H32IN3O3S. The standard InChI is InChI=1S/C21H31N3O3S.HI/c1-25-13-4-15-27-19-8-11-24(12-9-19)21(23-17-20-6-3-16-28-20)22-10-7-18-5-2-14-26-18;/h2-3,5-6,14,16,19H,4,7-13,15,17H2,1H3,(H,22,23);1H. The van der Waals surface area contributed by atoms with Crippen molar-refractivity contribution in [1.82, 2.24) is 10.2 Å². The molecule has 8 heteroatoms. The van der Waals surface area contributed by atoms with Crippen LogP contribution in [0.25, 0.3) is 0 Å². The number of hydrogen-bond acceptors (Lipinski definition) is 5. The molecule has 2 aromatic rings. The lowest BCUT2D eigenvalue weighted by atomic mass is 10.1. The van der Waals surface area contributed by atoms with Crippen molar-refractivity contribution in [3.05, 3.63) is 46.5 Å². The van der Waals surface area contributed by atoms with E-state index in [1.807, 2.05) is 12.1 Å². The Kier molecular flexibility index (Phi) is 11.7. The zero-order valence-corrected chi connectivity index (χ0v) is 20.2. The maximum atomic E-state index is 5.98. The van der Waals surface area contributed by atoms with Crippen LogP contribution in [0.1, 0.15) is 29.9 Å². The normalized spacial score (nSPS) is 15.3. The van der Waals surface area contributed by atoms with Gasteiger partial charge in [0, 0.05) is 51.3 Å². The summed E-state index contributed by atoms with van der Waals surface area (Å²) >= 11 is 1.75. The Hall–Kier alpha value is -1.10. The van der Waals surface area contributed by atoms with Gasteiger partial charge in [-0.15, -0.1) is 35.3 Å². The Bertz CT molecular complexity index is 671. The van der Waals surface area contributed by atoms with Gasteiger partial charge in [-0.25, -0.2) is 4.99 Å². The minimum Gasteiger partial charge on any atom is -0.469 e. The fourth-order valence-corrected chi connectivity index (χ4v) is 3.89.